The first-order chi connectivity index (χ1) is 16.8. The van der Waals surface area contributed by atoms with Gasteiger partial charge in [0, 0.05) is 12.0 Å². The van der Waals surface area contributed by atoms with Crippen LogP contribution in [0, 0.1) is 42.1 Å². The van der Waals surface area contributed by atoms with E-state index >= 15 is 0 Å². The summed E-state index contributed by atoms with van der Waals surface area (Å²) in [4.78, 5) is 0. The fraction of sp³-hybridized carbons (Fsp3) is 0.333. The number of hydrogen-bond donors (Lipinski definition) is 0. The van der Waals surface area contributed by atoms with E-state index in [1.165, 1.54) is 5.92 Å². The van der Waals surface area contributed by atoms with E-state index in [9.17, 15) is 35.1 Å². The number of ether oxygens (including phenoxy) is 1. The molecule has 0 N–H and O–H groups in total. The average Bonchev–Trinajstić information content (AvgIpc) is 2.78. The van der Waals surface area contributed by atoms with E-state index in [4.69, 9.17) is 4.74 Å². The van der Waals surface area contributed by atoms with Gasteiger partial charge in [0.2, 0.25) is 0 Å². The second-order valence-electron chi connectivity index (χ2n) is 8.92. The Balaban J connectivity index is 1.54. The molecule has 0 aliphatic heterocycles. The van der Waals surface area contributed by atoms with Gasteiger partial charge in [0.15, 0.2) is 5.82 Å². The highest BCUT2D eigenvalue weighted by Crippen LogP contribution is 2.43. The monoisotopic (exact) mass is 512 g/mol. The minimum absolute atomic E-state index is 0.136. The van der Waals surface area contributed by atoms with Crippen molar-refractivity contribution in [2.75, 3.05) is 0 Å². The van der Waals surface area contributed by atoms with Gasteiger partial charge in [-0.3, -0.25) is 0 Å². The number of benzene rings is 3. The van der Waals surface area contributed by atoms with Gasteiger partial charge in [-0.2, -0.15) is 22.0 Å². The normalized spacial score (nSPS) is 18.6. The predicted molar refractivity (Wildman–Crippen MR) is 118 cm³/mol. The first-order valence-electron chi connectivity index (χ1n) is 11.2. The standard InChI is InChI=1S/C27H20F8O/c1-15-2-4-16(5-3-15)17-6-8-19(9-7-17)27(34,35)36-20-12-18-13-22(28)21(10-11-26(31,32)33)25(30)24(18)23(29)14-20/h2-5,12-14,17,19H,6-9H2,1H3. The fourth-order valence-corrected chi connectivity index (χ4v) is 4.53. The number of halogens is 8. The van der Waals surface area contributed by atoms with Crippen molar-refractivity contribution < 1.29 is 39.9 Å². The Morgan fingerprint density at radius 2 is 1.47 bits per heavy atom. The Labute approximate surface area is 202 Å². The molecule has 1 aliphatic carbocycles. The van der Waals surface area contributed by atoms with E-state index in [1.807, 2.05) is 31.2 Å². The SMILES string of the molecule is Cc1ccc(C2CCC(C(F)(F)Oc3cc(F)c4c(F)c(C#CC(F)(F)F)c(F)cc4c3)CC2)cc1. The van der Waals surface area contributed by atoms with Gasteiger partial charge in [-0.1, -0.05) is 35.7 Å². The number of rotatable bonds is 4. The first kappa shape index (κ1) is 25.8. The molecule has 1 nitrogen and oxygen atoms in total. The molecular formula is C27H20F8O. The number of fused-ring (bicyclic) bond motifs is 1. The average molecular weight is 512 g/mol. The Morgan fingerprint density at radius 3 is 2.08 bits per heavy atom. The lowest BCUT2D eigenvalue weighted by Gasteiger charge is -2.33. The zero-order valence-electron chi connectivity index (χ0n) is 19.0. The van der Waals surface area contributed by atoms with Gasteiger partial charge < -0.3 is 4.74 Å². The van der Waals surface area contributed by atoms with Gasteiger partial charge >= 0.3 is 12.3 Å². The van der Waals surface area contributed by atoms with Gasteiger partial charge in [0.1, 0.15) is 17.4 Å². The van der Waals surface area contributed by atoms with E-state index in [0.29, 0.717) is 25.0 Å². The zero-order chi connectivity index (χ0) is 26.3. The quantitative estimate of drug-likeness (QED) is 0.252. The third-order valence-corrected chi connectivity index (χ3v) is 6.39. The van der Waals surface area contributed by atoms with E-state index in [2.05, 4.69) is 0 Å². The van der Waals surface area contributed by atoms with Crippen molar-refractivity contribution in [2.24, 2.45) is 5.92 Å². The molecule has 190 valence electrons. The summed E-state index contributed by atoms with van der Waals surface area (Å²) >= 11 is 0. The molecule has 0 aromatic heterocycles. The maximum Gasteiger partial charge on any atom is 0.458 e. The van der Waals surface area contributed by atoms with Crippen LogP contribution in [-0.2, 0) is 0 Å². The second-order valence-corrected chi connectivity index (χ2v) is 8.92. The van der Waals surface area contributed by atoms with Crippen LogP contribution in [0.2, 0.25) is 0 Å². The van der Waals surface area contributed by atoms with Crippen LogP contribution in [0.4, 0.5) is 35.1 Å². The molecule has 36 heavy (non-hydrogen) atoms. The van der Waals surface area contributed by atoms with Gasteiger partial charge in [0.05, 0.1) is 16.9 Å². The minimum Gasteiger partial charge on any atom is -0.432 e. The van der Waals surface area contributed by atoms with Crippen LogP contribution < -0.4 is 4.74 Å². The number of hydrogen-bond acceptors (Lipinski definition) is 1. The molecule has 0 radical (unpaired) electrons. The van der Waals surface area contributed by atoms with Gasteiger partial charge in [-0.15, -0.1) is 0 Å². The lowest BCUT2D eigenvalue weighted by atomic mass is 9.78. The third kappa shape index (κ3) is 5.58. The molecule has 3 aromatic rings. The van der Waals surface area contributed by atoms with Crippen molar-refractivity contribution in [3.05, 3.63) is 76.6 Å². The summed E-state index contributed by atoms with van der Waals surface area (Å²) in [5, 5.41) is -1.37. The number of alkyl halides is 5. The van der Waals surface area contributed by atoms with Crippen LogP contribution in [0.15, 0.2) is 42.5 Å². The molecule has 0 heterocycles. The highest BCUT2D eigenvalue weighted by atomic mass is 19.4. The van der Waals surface area contributed by atoms with Crippen LogP contribution in [0.1, 0.15) is 48.3 Å². The minimum atomic E-state index is -5.02. The lowest BCUT2D eigenvalue weighted by Crippen LogP contribution is -2.37. The molecule has 1 saturated carbocycles. The summed E-state index contributed by atoms with van der Waals surface area (Å²) in [7, 11) is 0. The summed E-state index contributed by atoms with van der Waals surface area (Å²) in [5.74, 6) is -4.18. The van der Waals surface area contributed by atoms with E-state index in [-0.39, 0.29) is 18.8 Å². The van der Waals surface area contributed by atoms with Gasteiger partial charge in [-0.05, 0) is 61.6 Å². The Hall–Kier alpha value is -3.28. The van der Waals surface area contributed by atoms with E-state index < -0.39 is 57.7 Å². The van der Waals surface area contributed by atoms with Crippen molar-refractivity contribution in [3.8, 4) is 17.6 Å². The molecule has 0 amide bonds. The van der Waals surface area contributed by atoms with Crippen molar-refractivity contribution in [3.63, 3.8) is 0 Å². The van der Waals surface area contributed by atoms with E-state index in [1.54, 1.807) is 0 Å². The Morgan fingerprint density at radius 1 is 0.833 bits per heavy atom. The molecule has 0 saturated heterocycles. The Kier molecular flexibility index (Phi) is 6.91. The van der Waals surface area contributed by atoms with Crippen LogP contribution in [-0.4, -0.2) is 12.3 Å². The summed E-state index contributed by atoms with van der Waals surface area (Å²) in [6.45, 7) is 1.96. The fourth-order valence-electron chi connectivity index (χ4n) is 4.53. The van der Waals surface area contributed by atoms with Crippen LogP contribution >= 0.6 is 0 Å². The smallest absolute Gasteiger partial charge is 0.432 e. The molecule has 1 aliphatic rings. The summed E-state index contributed by atoms with van der Waals surface area (Å²) in [6.07, 6.45) is -7.35. The molecule has 1 fully saturated rings. The van der Waals surface area contributed by atoms with Crippen LogP contribution in [0.3, 0.4) is 0 Å². The molecule has 3 aromatic carbocycles. The molecular weight excluding hydrogens is 492 g/mol. The first-order valence-corrected chi connectivity index (χ1v) is 11.2. The topological polar surface area (TPSA) is 9.23 Å². The van der Waals surface area contributed by atoms with Crippen molar-refractivity contribution in [2.45, 2.75) is 50.8 Å². The largest absolute Gasteiger partial charge is 0.458 e. The van der Waals surface area contributed by atoms with Gasteiger partial charge in [0.25, 0.3) is 0 Å². The maximum atomic E-state index is 14.9. The molecule has 0 bridgehead atoms. The molecule has 0 atom stereocenters. The second kappa shape index (κ2) is 9.64. The maximum absolute atomic E-state index is 14.9. The van der Waals surface area contributed by atoms with Crippen molar-refractivity contribution >= 4 is 10.8 Å². The predicted octanol–water partition coefficient (Wildman–Crippen LogP) is 8.42. The Bertz CT molecular complexity index is 1320. The highest BCUT2D eigenvalue weighted by molar-refractivity contribution is 5.87. The molecule has 4 rings (SSSR count). The summed E-state index contributed by atoms with van der Waals surface area (Å²) in [5.41, 5.74) is 0.895. The molecule has 0 spiro atoms. The molecule has 0 unspecified atom stereocenters. The highest BCUT2D eigenvalue weighted by Gasteiger charge is 2.44. The van der Waals surface area contributed by atoms with Crippen molar-refractivity contribution in [1.29, 1.82) is 0 Å². The van der Waals surface area contributed by atoms with Crippen molar-refractivity contribution in [1.82, 2.24) is 0 Å². The summed E-state index contributed by atoms with van der Waals surface area (Å²) in [6, 6.07) is 9.72. The summed E-state index contributed by atoms with van der Waals surface area (Å²) < 4.78 is 115. The van der Waals surface area contributed by atoms with Crippen LogP contribution in [0.5, 0.6) is 5.75 Å². The van der Waals surface area contributed by atoms with Crippen LogP contribution in [0.25, 0.3) is 10.8 Å². The van der Waals surface area contributed by atoms with E-state index in [0.717, 1.165) is 23.1 Å². The zero-order valence-corrected chi connectivity index (χ0v) is 19.0. The van der Waals surface area contributed by atoms with Gasteiger partial charge in [-0.25, -0.2) is 13.2 Å². The number of aryl methyl sites for hydroxylation is 1. The third-order valence-electron chi connectivity index (χ3n) is 6.39. The lowest BCUT2D eigenvalue weighted by molar-refractivity contribution is -0.222. The molecule has 9 heteroatoms.